The van der Waals surface area contributed by atoms with Gasteiger partial charge in [-0.25, -0.2) is 0 Å². The first-order chi connectivity index (χ1) is 7.40. The summed E-state index contributed by atoms with van der Waals surface area (Å²) in [5, 5.41) is 3.49. The molecule has 1 aromatic rings. The van der Waals surface area contributed by atoms with Gasteiger partial charge >= 0.3 is 0 Å². The Morgan fingerprint density at radius 2 is 2.13 bits per heavy atom. The highest BCUT2D eigenvalue weighted by Gasteiger charge is 2.16. The van der Waals surface area contributed by atoms with Crippen molar-refractivity contribution in [3.63, 3.8) is 0 Å². The number of hydrogen-bond donors (Lipinski definition) is 1. The van der Waals surface area contributed by atoms with Crippen molar-refractivity contribution >= 4 is 11.6 Å². The van der Waals surface area contributed by atoms with E-state index in [4.69, 9.17) is 11.6 Å². The topological polar surface area (TPSA) is 12.0 Å². The van der Waals surface area contributed by atoms with Crippen LogP contribution in [0, 0.1) is 0 Å². The van der Waals surface area contributed by atoms with Gasteiger partial charge in [0.25, 0.3) is 0 Å². The van der Waals surface area contributed by atoms with Crippen molar-refractivity contribution in [2.45, 2.75) is 25.3 Å². The van der Waals surface area contributed by atoms with E-state index >= 15 is 0 Å². The number of fused-ring (bicyclic) bond motifs is 1. The summed E-state index contributed by atoms with van der Waals surface area (Å²) in [6, 6.07) is 9.33. The van der Waals surface area contributed by atoms with E-state index in [1.807, 2.05) is 6.08 Å². The third kappa shape index (κ3) is 2.83. The van der Waals surface area contributed by atoms with E-state index in [1.54, 1.807) is 5.54 Å². The van der Waals surface area contributed by atoms with E-state index < -0.39 is 0 Å². The van der Waals surface area contributed by atoms with Crippen LogP contribution in [0.4, 0.5) is 0 Å². The van der Waals surface area contributed by atoms with Crippen LogP contribution in [0.2, 0.25) is 0 Å². The minimum atomic E-state index is 0.604. The molecule has 0 aromatic heterocycles. The maximum Gasteiger partial charge on any atom is 0.0149 e. The predicted octanol–water partition coefficient (Wildman–Crippen LogP) is 2.89. The molecule has 2 heteroatoms. The standard InChI is InChI=1S/C13H16ClN/c14-8-3-9-15-13-7-6-11-4-1-2-5-12(11)10-13/h1-5,8,13,15H,6-7,9-10H2/b8-3+. The quantitative estimate of drug-likeness (QED) is 0.828. The Bertz CT molecular complexity index is 346. The van der Waals surface area contributed by atoms with Gasteiger partial charge in [0.05, 0.1) is 0 Å². The fourth-order valence-corrected chi connectivity index (χ4v) is 2.24. The lowest BCUT2D eigenvalue weighted by Gasteiger charge is -2.25. The molecule has 80 valence electrons. The summed E-state index contributed by atoms with van der Waals surface area (Å²) in [4.78, 5) is 0. The lowest BCUT2D eigenvalue weighted by molar-refractivity contribution is 0.479. The van der Waals surface area contributed by atoms with Gasteiger partial charge in [0.15, 0.2) is 0 Å². The van der Waals surface area contributed by atoms with Crippen LogP contribution in [-0.4, -0.2) is 12.6 Å². The highest BCUT2D eigenvalue weighted by molar-refractivity contribution is 6.25. The molecule has 1 aliphatic rings. The summed E-state index contributed by atoms with van der Waals surface area (Å²) in [6.07, 6.45) is 5.51. The van der Waals surface area contributed by atoms with Crippen molar-refractivity contribution in [3.8, 4) is 0 Å². The van der Waals surface area contributed by atoms with E-state index in [9.17, 15) is 0 Å². The molecule has 1 aromatic carbocycles. The monoisotopic (exact) mass is 221 g/mol. The smallest absolute Gasteiger partial charge is 0.0149 e. The number of benzene rings is 1. The third-order valence-electron chi connectivity index (χ3n) is 2.96. The highest BCUT2D eigenvalue weighted by Crippen LogP contribution is 2.20. The van der Waals surface area contributed by atoms with Crippen LogP contribution >= 0.6 is 11.6 Å². The van der Waals surface area contributed by atoms with Crippen molar-refractivity contribution < 1.29 is 0 Å². The Morgan fingerprint density at radius 3 is 2.93 bits per heavy atom. The first-order valence-corrected chi connectivity index (χ1v) is 5.89. The van der Waals surface area contributed by atoms with Crippen molar-refractivity contribution in [1.29, 1.82) is 0 Å². The Morgan fingerprint density at radius 1 is 1.33 bits per heavy atom. The molecule has 2 rings (SSSR count). The number of aryl methyl sites for hydroxylation is 1. The summed E-state index contributed by atoms with van der Waals surface area (Å²) in [6.45, 7) is 0.871. The second kappa shape index (κ2) is 5.34. The van der Waals surface area contributed by atoms with Crippen LogP contribution in [0.3, 0.4) is 0 Å². The molecule has 1 N–H and O–H groups in total. The zero-order valence-corrected chi connectivity index (χ0v) is 9.50. The first-order valence-electron chi connectivity index (χ1n) is 5.45. The molecule has 0 saturated heterocycles. The van der Waals surface area contributed by atoms with Gasteiger partial charge in [0.2, 0.25) is 0 Å². The van der Waals surface area contributed by atoms with Crippen molar-refractivity contribution in [2.24, 2.45) is 0 Å². The van der Waals surface area contributed by atoms with Crippen molar-refractivity contribution in [3.05, 3.63) is 47.0 Å². The molecule has 0 aliphatic heterocycles. The maximum atomic E-state index is 5.48. The lowest BCUT2D eigenvalue weighted by Crippen LogP contribution is -2.34. The minimum absolute atomic E-state index is 0.604. The number of nitrogens with one attached hydrogen (secondary N) is 1. The number of halogens is 1. The molecule has 1 nitrogen and oxygen atoms in total. The molecule has 1 aliphatic carbocycles. The predicted molar refractivity (Wildman–Crippen MR) is 65.3 cm³/mol. The van der Waals surface area contributed by atoms with Crippen molar-refractivity contribution in [1.82, 2.24) is 5.32 Å². The van der Waals surface area contributed by atoms with Gasteiger partial charge < -0.3 is 5.32 Å². The summed E-state index contributed by atoms with van der Waals surface area (Å²) in [5.41, 5.74) is 4.59. The van der Waals surface area contributed by atoms with Crippen LogP contribution < -0.4 is 5.32 Å². The molecule has 1 atom stereocenters. The van der Waals surface area contributed by atoms with Crippen LogP contribution in [0.1, 0.15) is 17.5 Å². The van der Waals surface area contributed by atoms with Gasteiger partial charge in [-0.1, -0.05) is 41.9 Å². The van der Waals surface area contributed by atoms with Gasteiger partial charge in [-0.2, -0.15) is 0 Å². The normalized spacial score (nSPS) is 20.5. The highest BCUT2D eigenvalue weighted by atomic mass is 35.5. The van der Waals surface area contributed by atoms with Gasteiger partial charge in [-0.05, 0) is 30.4 Å². The van der Waals surface area contributed by atoms with Gasteiger partial charge in [-0.3, -0.25) is 0 Å². The second-order valence-electron chi connectivity index (χ2n) is 3.98. The largest absolute Gasteiger partial charge is 0.310 e. The Hall–Kier alpha value is -0.790. The van der Waals surface area contributed by atoms with E-state index in [0.29, 0.717) is 6.04 Å². The molecular formula is C13H16ClN. The fourth-order valence-electron chi connectivity index (χ4n) is 2.15. The van der Waals surface area contributed by atoms with Gasteiger partial charge in [0.1, 0.15) is 0 Å². The molecular weight excluding hydrogens is 206 g/mol. The van der Waals surface area contributed by atoms with Crippen LogP contribution in [0.25, 0.3) is 0 Å². The summed E-state index contributed by atoms with van der Waals surface area (Å²) >= 11 is 5.48. The zero-order valence-electron chi connectivity index (χ0n) is 8.75. The van der Waals surface area contributed by atoms with E-state index in [2.05, 4.69) is 29.6 Å². The van der Waals surface area contributed by atoms with E-state index in [1.165, 1.54) is 24.0 Å². The maximum absolute atomic E-state index is 5.48. The molecule has 0 amide bonds. The molecule has 0 bridgehead atoms. The average molecular weight is 222 g/mol. The van der Waals surface area contributed by atoms with Gasteiger partial charge in [-0.15, -0.1) is 0 Å². The lowest BCUT2D eigenvalue weighted by atomic mass is 9.88. The number of rotatable bonds is 3. The van der Waals surface area contributed by atoms with E-state index in [0.717, 1.165) is 13.0 Å². The Balaban J connectivity index is 1.94. The molecule has 15 heavy (non-hydrogen) atoms. The zero-order chi connectivity index (χ0) is 10.5. The van der Waals surface area contributed by atoms with E-state index in [-0.39, 0.29) is 0 Å². The summed E-state index contributed by atoms with van der Waals surface area (Å²) in [7, 11) is 0. The second-order valence-corrected chi connectivity index (χ2v) is 4.23. The van der Waals surface area contributed by atoms with Crippen molar-refractivity contribution in [2.75, 3.05) is 6.54 Å². The van der Waals surface area contributed by atoms with Gasteiger partial charge in [0, 0.05) is 18.1 Å². The summed E-state index contributed by atoms with van der Waals surface area (Å²) in [5.74, 6) is 0. The fraction of sp³-hybridized carbons (Fsp3) is 0.385. The molecule has 1 unspecified atom stereocenters. The number of hydrogen-bond acceptors (Lipinski definition) is 1. The summed E-state index contributed by atoms with van der Waals surface area (Å²) < 4.78 is 0. The van der Waals surface area contributed by atoms with Crippen LogP contribution in [0.5, 0.6) is 0 Å². The molecule has 0 fully saturated rings. The Kier molecular flexibility index (Phi) is 3.81. The molecule has 0 saturated carbocycles. The Labute approximate surface area is 96.1 Å². The molecule has 0 spiro atoms. The molecule has 0 radical (unpaired) electrons. The SMILES string of the molecule is Cl/C=C/CNC1CCc2ccccc2C1. The first kappa shape index (κ1) is 10.7. The van der Waals surface area contributed by atoms with Crippen LogP contribution in [-0.2, 0) is 12.8 Å². The third-order valence-corrected chi connectivity index (χ3v) is 3.14. The minimum Gasteiger partial charge on any atom is -0.310 e. The molecule has 0 heterocycles. The average Bonchev–Trinajstić information content (AvgIpc) is 2.29. The van der Waals surface area contributed by atoms with Crippen LogP contribution in [0.15, 0.2) is 35.9 Å².